The van der Waals surface area contributed by atoms with E-state index in [1.807, 2.05) is 13.0 Å². The number of aryl methyl sites for hydroxylation is 1. The van der Waals surface area contributed by atoms with E-state index < -0.39 is 11.5 Å². The second kappa shape index (κ2) is 3.90. The molecule has 0 bridgehead atoms. The van der Waals surface area contributed by atoms with Crippen LogP contribution in [0.15, 0.2) is 18.2 Å². The maximum atomic E-state index is 11.1. The molecule has 0 fully saturated rings. The first kappa shape index (κ1) is 11.5. The van der Waals surface area contributed by atoms with Gasteiger partial charge in [-0.1, -0.05) is 11.6 Å². The third kappa shape index (κ3) is 2.10. The Kier molecular flexibility index (Phi) is 3.00. The van der Waals surface area contributed by atoms with Gasteiger partial charge >= 0.3 is 0 Å². The number of aliphatic hydroxyl groups is 1. The fourth-order valence-corrected chi connectivity index (χ4v) is 1.33. The van der Waals surface area contributed by atoms with Gasteiger partial charge in [-0.15, -0.1) is 0 Å². The van der Waals surface area contributed by atoms with Crippen LogP contribution in [0.25, 0.3) is 0 Å². The second-order valence-electron chi connectivity index (χ2n) is 3.64. The van der Waals surface area contributed by atoms with E-state index in [1.54, 1.807) is 12.1 Å². The summed E-state index contributed by atoms with van der Waals surface area (Å²) in [6, 6.07) is 5.21. The van der Waals surface area contributed by atoms with Crippen molar-refractivity contribution in [1.82, 2.24) is 0 Å². The number of primary amides is 1. The Bertz CT molecular complexity index is 385. The van der Waals surface area contributed by atoms with Gasteiger partial charge in [0.15, 0.2) is 5.60 Å². The lowest BCUT2D eigenvalue weighted by atomic mass is 9.93. The minimum atomic E-state index is -1.71. The molecule has 1 aromatic rings. The molecule has 1 aromatic carbocycles. The molecule has 1 unspecified atom stereocenters. The third-order valence-electron chi connectivity index (χ3n) is 2.36. The smallest absolute Gasteiger partial charge is 0.253 e. The number of hydrogen-bond donors (Lipinski definition) is 2. The van der Waals surface area contributed by atoms with Crippen LogP contribution in [-0.4, -0.2) is 18.1 Å². The molecule has 1 rings (SSSR count). The summed E-state index contributed by atoms with van der Waals surface area (Å²) < 4.78 is 5.07. The molecule has 4 nitrogen and oxygen atoms in total. The predicted octanol–water partition coefficient (Wildman–Crippen LogP) is 0.696. The summed E-state index contributed by atoms with van der Waals surface area (Å²) in [7, 11) is 1.48. The fraction of sp³-hybridized carbons (Fsp3) is 0.364. The molecule has 0 spiro atoms. The Balaban J connectivity index is 3.34. The van der Waals surface area contributed by atoms with Crippen LogP contribution < -0.4 is 10.5 Å². The first-order valence-electron chi connectivity index (χ1n) is 4.57. The summed E-state index contributed by atoms with van der Waals surface area (Å²) in [5, 5.41) is 9.94. The van der Waals surface area contributed by atoms with E-state index in [1.165, 1.54) is 14.0 Å². The van der Waals surface area contributed by atoms with Gasteiger partial charge in [-0.2, -0.15) is 0 Å². The van der Waals surface area contributed by atoms with E-state index in [9.17, 15) is 9.90 Å². The van der Waals surface area contributed by atoms with Gasteiger partial charge < -0.3 is 15.6 Å². The SMILES string of the molecule is COc1ccc(C)cc1C(C)(O)C(N)=O. The molecule has 0 radical (unpaired) electrons. The average Bonchev–Trinajstić information content (AvgIpc) is 2.17. The molecule has 0 aliphatic carbocycles. The van der Waals surface area contributed by atoms with E-state index in [-0.39, 0.29) is 0 Å². The molecule has 0 saturated heterocycles. The van der Waals surface area contributed by atoms with Gasteiger partial charge in [-0.3, -0.25) is 4.79 Å². The first-order valence-corrected chi connectivity index (χ1v) is 4.57. The van der Waals surface area contributed by atoms with Crippen molar-refractivity contribution in [2.24, 2.45) is 5.73 Å². The molecule has 0 aliphatic rings. The molecule has 82 valence electrons. The number of nitrogens with two attached hydrogens (primary N) is 1. The molecule has 1 atom stereocenters. The number of rotatable bonds is 3. The van der Waals surface area contributed by atoms with E-state index in [0.29, 0.717) is 11.3 Å². The Hall–Kier alpha value is -1.55. The topological polar surface area (TPSA) is 72.6 Å². The molecule has 1 amide bonds. The van der Waals surface area contributed by atoms with Gasteiger partial charge in [0, 0.05) is 5.56 Å². The van der Waals surface area contributed by atoms with Crippen molar-refractivity contribution in [2.75, 3.05) is 7.11 Å². The van der Waals surface area contributed by atoms with Crippen molar-refractivity contribution in [3.63, 3.8) is 0 Å². The van der Waals surface area contributed by atoms with Crippen LogP contribution in [-0.2, 0) is 10.4 Å². The highest BCUT2D eigenvalue weighted by molar-refractivity contribution is 5.85. The van der Waals surface area contributed by atoms with E-state index >= 15 is 0 Å². The van der Waals surface area contributed by atoms with E-state index in [2.05, 4.69) is 0 Å². The van der Waals surface area contributed by atoms with E-state index in [4.69, 9.17) is 10.5 Å². The van der Waals surface area contributed by atoms with Crippen LogP contribution in [0.5, 0.6) is 5.75 Å². The Morgan fingerprint density at radius 2 is 2.13 bits per heavy atom. The largest absolute Gasteiger partial charge is 0.496 e. The zero-order valence-electron chi connectivity index (χ0n) is 9.07. The molecule has 4 heteroatoms. The van der Waals surface area contributed by atoms with Crippen molar-refractivity contribution in [2.45, 2.75) is 19.4 Å². The van der Waals surface area contributed by atoms with Gasteiger partial charge in [0.2, 0.25) is 0 Å². The zero-order chi connectivity index (χ0) is 11.6. The van der Waals surface area contributed by atoms with Crippen molar-refractivity contribution in [3.8, 4) is 5.75 Å². The van der Waals surface area contributed by atoms with Crippen LogP contribution in [0, 0.1) is 6.92 Å². The predicted molar refractivity (Wildman–Crippen MR) is 56.5 cm³/mol. The molecular weight excluding hydrogens is 194 g/mol. The summed E-state index contributed by atoms with van der Waals surface area (Å²) in [5.41, 5.74) is 4.73. The lowest BCUT2D eigenvalue weighted by Crippen LogP contribution is -2.38. The molecule has 0 aromatic heterocycles. The number of methoxy groups -OCH3 is 1. The minimum absolute atomic E-state index is 0.387. The Labute approximate surface area is 88.7 Å². The maximum Gasteiger partial charge on any atom is 0.253 e. The summed E-state index contributed by atoms with van der Waals surface area (Å²) in [4.78, 5) is 11.1. The molecular formula is C11H15NO3. The zero-order valence-corrected chi connectivity index (χ0v) is 9.07. The molecule has 3 N–H and O–H groups in total. The summed E-state index contributed by atoms with van der Waals surface area (Å²) >= 11 is 0. The summed E-state index contributed by atoms with van der Waals surface area (Å²) in [6.07, 6.45) is 0. The molecule has 0 saturated carbocycles. The standard InChI is InChI=1S/C11H15NO3/c1-7-4-5-9(15-3)8(6-7)11(2,14)10(12)13/h4-6,14H,1-3H3,(H2,12,13). The quantitative estimate of drug-likeness (QED) is 0.769. The van der Waals surface area contributed by atoms with Crippen LogP contribution in [0.4, 0.5) is 0 Å². The van der Waals surface area contributed by atoms with Crippen LogP contribution >= 0.6 is 0 Å². The van der Waals surface area contributed by atoms with E-state index in [0.717, 1.165) is 5.56 Å². The third-order valence-corrected chi connectivity index (χ3v) is 2.36. The van der Waals surface area contributed by atoms with Gasteiger partial charge in [-0.25, -0.2) is 0 Å². The molecule has 0 heterocycles. The number of carbonyl (C=O) groups excluding carboxylic acids is 1. The van der Waals surface area contributed by atoms with Crippen LogP contribution in [0.2, 0.25) is 0 Å². The highest BCUT2D eigenvalue weighted by Gasteiger charge is 2.33. The Morgan fingerprint density at radius 1 is 1.53 bits per heavy atom. The van der Waals surface area contributed by atoms with Crippen LogP contribution in [0.3, 0.4) is 0 Å². The van der Waals surface area contributed by atoms with Crippen molar-refractivity contribution in [3.05, 3.63) is 29.3 Å². The number of amides is 1. The number of carbonyl (C=O) groups is 1. The molecule has 15 heavy (non-hydrogen) atoms. The lowest BCUT2D eigenvalue weighted by molar-refractivity contribution is -0.135. The van der Waals surface area contributed by atoms with Crippen LogP contribution in [0.1, 0.15) is 18.1 Å². The van der Waals surface area contributed by atoms with Crippen molar-refractivity contribution < 1.29 is 14.6 Å². The highest BCUT2D eigenvalue weighted by Crippen LogP contribution is 2.30. The van der Waals surface area contributed by atoms with Gasteiger partial charge in [-0.05, 0) is 26.0 Å². The fourth-order valence-electron chi connectivity index (χ4n) is 1.33. The second-order valence-corrected chi connectivity index (χ2v) is 3.64. The normalized spacial score (nSPS) is 14.4. The minimum Gasteiger partial charge on any atom is -0.496 e. The maximum absolute atomic E-state index is 11.1. The molecule has 0 aliphatic heterocycles. The van der Waals surface area contributed by atoms with Crippen molar-refractivity contribution >= 4 is 5.91 Å². The van der Waals surface area contributed by atoms with Crippen molar-refractivity contribution in [1.29, 1.82) is 0 Å². The van der Waals surface area contributed by atoms with Gasteiger partial charge in [0.1, 0.15) is 5.75 Å². The summed E-state index contributed by atoms with van der Waals surface area (Å²) in [5.74, 6) is -0.351. The monoisotopic (exact) mass is 209 g/mol. The Morgan fingerprint density at radius 3 is 2.60 bits per heavy atom. The van der Waals surface area contributed by atoms with Gasteiger partial charge in [0.25, 0.3) is 5.91 Å². The number of benzene rings is 1. The number of hydrogen-bond acceptors (Lipinski definition) is 3. The number of ether oxygens (including phenoxy) is 1. The first-order chi connectivity index (χ1) is 6.89. The summed E-state index contributed by atoms with van der Waals surface area (Å²) in [6.45, 7) is 3.21. The average molecular weight is 209 g/mol. The highest BCUT2D eigenvalue weighted by atomic mass is 16.5. The van der Waals surface area contributed by atoms with Gasteiger partial charge in [0.05, 0.1) is 7.11 Å². The lowest BCUT2D eigenvalue weighted by Gasteiger charge is -2.22.